The Bertz CT molecular complexity index is 818. The number of pyridine rings is 1. The fourth-order valence-corrected chi connectivity index (χ4v) is 2.28. The number of aryl methyl sites for hydroxylation is 2. The van der Waals surface area contributed by atoms with Gasteiger partial charge in [0.15, 0.2) is 0 Å². The Kier molecular flexibility index (Phi) is 3.62. The molecule has 4 nitrogen and oxygen atoms in total. The molecule has 0 unspecified atom stereocenters. The van der Waals surface area contributed by atoms with Gasteiger partial charge in [0.1, 0.15) is 11.5 Å². The van der Waals surface area contributed by atoms with E-state index in [9.17, 15) is 0 Å². The highest BCUT2D eigenvalue weighted by atomic mass is 35.5. The van der Waals surface area contributed by atoms with Crippen molar-refractivity contribution in [3.63, 3.8) is 0 Å². The summed E-state index contributed by atoms with van der Waals surface area (Å²) in [4.78, 5) is 4.47. The van der Waals surface area contributed by atoms with Gasteiger partial charge in [-0.3, -0.25) is 10.4 Å². The first-order valence-electron chi connectivity index (χ1n) is 6.54. The summed E-state index contributed by atoms with van der Waals surface area (Å²) in [6.45, 7) is 3.83. The lowest BCUT2D eigenvalue weighted by atomic mass is 10.1. The number of hydrogen-bond donors (Lipinski definition) is 1. The first-order chi connectivity index (χ1) is 10.1. The average molecular weight is 300 g/mol. The lowest BCUT2D eigenvalue weighted by molar-refractivity contribution is 0.528. The van der Waals surface area contributed by atoms with Crippen LogP contribution in [0.15, 0.2) is 45.9 Å². The van der Waals surface area contributed by atoms with Crippen LogP contribution in [0.3, 0.4) is 0 Å². The standard InChI is InChI=1S/C16H14ClN3O/c1-10-7-16(14-6-4-12(17)8-15(14)19-10)20-18-9-13-5-3-11(2)21-13/h3-9H,1-2H3,(H,19,20)/b18-9+. The zero-order valence-electron chi connectivity index (χ0n) is 11.7. The van der Waals surface area contributed by atoms with Crippen molar-refractivity contribution < 1.29 is 4.42 Å². The molecule has 0 amide bonds. The molecule has 106 valence electrons. The molecule has 0 bridgehead atoms. The molecule has 0 aliphatic carbocycles. The quantitative estimate of drug-likeness (QED) is 0.570. The second kappa shape index (κ2) is 5.58. The number of fused-ring (bicyclic) bond motifs is 1. The van der Waals surface area contributed by atoms with Crippen LogP contribution in [0.5, 0.6) is 0 Å². The normalized spacial score (nSPS) is 11.4. The van der Waals surface area contributed by atoms with Gasteiger partial charge in [-0.05, 0) is 50.2 Å². The number of anilines is 1. The molecule has 2 aromatic heterocycles. The zero-order valence-corrected chi connectivity index (χ0v) is 12.5. The SMILES string of the molecule is Cc1cc(N/N=C/c2ccc(C)o2)c2ccc(Cl)cc2n1. The molecule has 0 spiro atoms. The molecule has 0 aliphatic heterocycles. The summed E-state index contributed by atoms with van der Waals surface area (Å²) in [5.41, 5.74) is 5.66. The van der Waals surface area contributed by atoms with Gasteiger partial charge in [-0.15, -0.1) is 0 Å². The highest BCUT2D eigenvalue weighted by Gasteiger charge is 2.04. The molecule has 1 aromatic carbocycles. The Labute approximate surface area is 127 Å². The van der Waals surface area contributed by atoms with Crippen molar-refractivity contribution in [3.05, 3.63) is 58.6 Å². The molecule has 0 saturated heterocycles. The van der Waals surface area contributed by atoms with Gasteiger partial charge in [-0.1, -0.05) is 11.6 Å². The van der Waals surface area contributed by atoms with Crippen molar-refractivity contribution in [2.24, 2.45) is 5.10 Å². The smallest absolute Gasteiger partial charge is 0.147 e. The van der Waals surface area contributed by atoms with Crippen LogP contribution in [0.25, 0.3) is 10.9 Å². The molecule has 0 aliphatic rings. The van der Waals surface area contributed by atoms with Crippen LogP contribution in [0.4, 0.5) is 5.69 Å². The Morgan fingerprint density at radius 3 is 2.81 bits per heavy atom. The van der Waals surface area contributed by atoms with E-state index in [1.165, 1.54) is 0 Å². The molecule has 0 fully saturated rings. The third-order valence-electron chi connectivity index (χ3n) is 3.04. The minimum atomic E-state index is 0.668. The summed E-state index contributed by atoms with van der Waals surface area (Å²) in [5, 5.41) is 5.85. The summed E-state index contributed by atoms with van der Waals surface area (Å²) in [6, 6.07) is 11.3. The molecule has 0 radical (unpaired) electrons. The second-order valence-electron chi connectivity index (χ2n) is 4.79. The molecule has 0 saturated carbocycles. The van der Waals surface area contributed by atoms with Crippen LogP contribution < -0.4 is 5.43 Å². The lowest BCUT2D eigenvalue weighted by Gasteiger charge is -2.07. The van der Waals surface area contributed by atoms with Gasteiger partial charge in [0.2, 0.25) is 0 Å². The highest BCUT2D eigenvalue weighted by Crippen LogP contribution is 2.25. The van der Waals surface area contributed by atoms with Crippen LogP contribution in [0.1, 0.15) is 17.2 Å². The second-order valence-corrected chi connectivity index (χ2v) is 5.23. The van der Waals surface area contributed by atoms with E-state index in [0.29, 0.717) is 10.8 Å². The number of halogens is 1. The van der Waals surface area contributed by atoms with E-state index in [4.69, 9.17) is 16.0 Å². The van der Waals surface area contributed by atoms with Crippen LogP contribution >= 0.6 is 11.6 Å². The van der Waals surface area contributed by atoms with E-state index < -0.39 is 0 Å². The minimum Gasteiger partial charge on any atom is -0.460 e. The van der Waals surface area contributed by atoms with Gasteiger partial charge in [0.05, 0.1) is 17.4 Å². The van der Waals surface area contributed by atoms with Gasteiger partial charge < -0.3 is 4.42 Å². The molecule has 5 heteroatoms. The molecule has 0 atom stereocenters. The molecule has 3 aromatic rings. The van der Waals surface area contributed by atoms with Crippen LogP contribution in [0, 0.1) is 13.8 Å². The van der Waals surface area contributed by atoms with Gasteiger partial charge in [0.25, 0.3) is 0 Å². The van der Waals surface area contributed by atoms with Gasteiger partial charge in [-0.25, -0.2) is 0 Å². The molecular weight excluding hydrogens is 286 g/mol. The van der Waals surface area contributed by atoms with Crippen molar-refractivity contribution in [2.45, 2.75) is 13.8 Å². The summed E-state index contributed by atoms with van der Waals surface area (Å²) in [6.07, 6.45) is 1.64. The van der Waals surface area contributed by atoms with E-state index in [1.807, 2.05) is 50.2 Å². The maximum absolute atomic E-state index is 6.01. The fourth-order valence-electron chi connectivity index (χ4n) is 2.11. The maximum atomic E-state index is 6.01. The zero-order chi connectivity index (χ0) is 14.8. The third-order valence-corrected chi connectivity index (χ3v) is 3.27. The van der Waals surface area contributed by atoms with Gasteiger partial charge in [0, 0.05) is 16.1 Å². The number of hydrazone groups is 1. The summed E-state index contributed by atoms with van der Waals surface area (Å²) in [7, 11) is 0. The molecule has 2 heterocycles. The lowest BCUT2D eigenvalue weighted by Crippen LogP contribution is -1.94. The molecule has 21 heavy (non-hydrogen) atoms. The monoisotopic (exact) mass is 299 g/mol. The van der Waals surface area contributed by atoms with E-state index in [0.717, 1.165) is 28.0 Å². The average Bonchev–Trinajstić information content (AvgIpc) is 2.83. The summed E-state index contributed by atoms with van der Waals surface area (Å²) >= 11 is 6.01. The van der Waals surface area contributed by atoms with Crippen LogP contribution in [-0.2, 0) is 0 Å². The van der Waals surface area contributed by atoms with Crippen LogP contribution in [0.2, 0.25) is 5.02 Å². The van der Waals surface area contributed by atoms with Crippen molar-refractivity contribution in [2.75, 3.05) is 5.43 Å². The summed E-state index contributed by atoms with van der Waals surface area (Å²) in [5.74, 6) is 1.56. The summed E-state index contributed by atoms with van der Waals surface area (Å²) < 4.78 is 5.43. The first kappa shape index (κ1) is 13.6. The van der Waals surface area contributed by atoms with Gasteiger partial charge >= 0.3 is 0 Å². The van der Waals surface area contributed by atoms with E-state index >= 15 is 0 Å². The maximum Gasteiger partial charge on any atom is 0.147 e. The predicted molar refractivity (Wildman–Crippen MR) is 86.2 cm³/mol. The molecule has 3 rings (SSSR count). The van der Waals surface area contributed by atoms with Crippen molar-refractivity contribution in [1.82, 2.24) is 4.98 Å². The number of furan rings is 1. The topological polar surface area (TPSA) is 50.4 Å². The Morgan fingerprint density at radius 2 is 2.05 bits per heavy atom. The Balaban J connectivity index is 1.91. The predicted octanol–water partition coefficient (Wildman–Crippen LogP) is 4.54. The van der Waals surface area contributed by atoms with E-state index in [1.54, 1.807) is 6.21 Å². The number of nitrogens with one attached hydrogen (secondary N) is 1. The third kappa shape index (κ3) is 3.06. The van der Waals surface area contributed by atoms with Crippen molar-refractivity contribution in [3.8, 4) is 0 Å². The van der Waals surface area contributed by atoms with Gasteiger partial charge in [-0.2, -0.15) is 5.10 Å². The van der Waals surface area contributed by atoms with Crippen LogP contribution in [-0.4, -0.2) is 11.2 Å². The van der Waals surface area contributed by atoms with E-state index in [2.05, 4.69) is 15.5 Å². The largest absolute Gasteiger partial charge is 0.460 e. The van der Waals surface area contributed by atoms with E-state index in [-0.39, 0.29) is 0 Å². The first-order valence-corrected chi connectivity index (χ1v) is 6.92. The number of aromatic nitrogens is 1. The number of rotatable bonds is 3. The van der Waals surface area contributed by atoms with Crippen molar-refractivity contribution >= 4 is 34.4 Å². The number of nitrogens with zero attached hydrogens (tertiary/aromatic N) is 2. The highest BCUT2D eigenvalue weighted by molar-refractivity contribution is 6.31. The molecular formula is C16H14ClN3O. The minimum absolute atomic E-state index is 0.668. The molecule has 1 N–H and O–H groups in total. The number of hydrogen-bond acceptors (Lipinski definition) is 4. The number of benzene rings is 1. The Morgan fingerprint density at radius 1 is 1.19 bits per heavy atom. The Hall–Kier alpha value is -2.33. The van der Waals surface area contributed by atoms with Crippen molar-refractivity contribution in [1.29, 1.82) is 0 Å². The fraction of sp³-hybridized carbons (Fsp3) is 0.125.